The third kappa shape index (κ3) is 1.51. The highest BCUT2D eigenvalue weighted by Gasteiger charge is 2.63. The number of hydrogen-bond acceptors (Lipinski definition) is 6. The van der Waals surface area contributed by atoms with Gasteiger partial charge in [-0.15, -0.1) is 0 Å². The molecule has 1 spiro atoms. The van der Waals surface area contributed by atoms with Crippen molar-refractivity contribution < 1.29 is 29.2 Å². The Bertz CT molecular complexity index is 341. The third-order valence-corrected chi connectivity index (χ3v) is 4.43. The highest BCUT2D eigenvalue weighted by Crippen LogP contribution is 2.47. The zero-order chi connectivity index (χ0) is 12.3. The molecule has 3 heterocycles. The molecular formula is C12H18O6. The maximum Gasteiger partial charge on any atom is 0.190 e. The van der Waals surface area contributed by atoms with Crippen LogP contribution in [0.1, 0.15) is 32.1 Å². The largest absolute Gasteiger partial charge is 0.385 e. The lowest BCUT2D eigenvalue weighted by molar-refractivity contribution is -0.245. The summed E-state index contributed by atoms with van der Waals surface area (Å²) in [5, 5.41) is 19.2. The van der Waals surface area contributed by atoms with Crippen LogP contribution >= 0.6 is 0 Å². The van der Waals surface area contributed by atoms with Crippen LogP contribution in [0.25, 0.3) is 0 Å². The Labute approximate surface area is 105 Å². The summed E-state index contributed by atoms with van der Waals surface area (Å²) in [6, 6.07) is 0. The van der Waals surface area contributed by atoms with Crippen LogP contribution < -0.4 is 0 Å². The molecule has 0 aromatic rings. The number of hydrogen-bond donors (Lipinski definition) is 2. The molecule has 1 saturated carbocycles. The summed E-state index contributed by atoms with van der Waals surface area (Å²) in [6.07, 6.45) is 1.18. The van der Waals surface area contributed by atoms with Gasteiger partial charge in [0.05, 0.1) is 0 Å². The van der Waals surface area contributed by atoms with Gasteiger partial charge in [0.1, 0.15) is 24.4 Å². The number of aliphatic hydroxyl groups is 2. The van der Waals surface area contributed by atoms with Crippen molar-refractivity contribution in [3.05, 3.63) is 0 Å². The van der Waals surface area contributed by atoms with E-state index in [0.717, 1.165) is 25.7 Å². The molecule has 0 aromatic heterocycles. The van der Waals surface area contributed by atoms with Crippen molar-refractivity contribution in [2.45, 2.75) is 74.9 Å². The normalized spacial score (nSPS) is 53.7. The molecule has 0 aromatic carbocycles. The van der Waals surface area contributed by atoms with E-state index in [4.69, 9.17) is 18.9 Å². The van der Waals surface area contributed by atoms with Gasteiger partial charge in [-0.05, 0) is 12.8 Å². The van der Waals surface area contributed by atoms with Gasteiger partial charge in [-0.2, -0.15) is 0 Å². The van der Waals surface area contributed by atoms with E-state index in [2.05, 4.69) is 0 Å². The van der Waals surface area contributed by atoms with Crippen LogP contribution in [0.3, 0.4) is 0 Å². The summed E-state index contributed by atoms with van der Waals surface area (Å²) in [5.41, 5.74) is 0. The maximum absolute atomic E-state index is 9.71. The lowest BCUT2D eigenvalue weighted by Crippen LogP contribution is -2.39. The molecule has 102 valence electrons. The van der Waals surface area contributed by atoms with E-state index < -0.39 is 36.7 Å². The molecule has 4 rings (SSSR count). The van der Waals surface area contributed by atoms with Crippen molar-refractivity contribution in [1.29, 1.82) is 0 Å². The third-order valence-electron chi connectivity index (χ3n) is 4.43. The van der Waals surface area contributed by atoms with Crippen LogP contribution in [0.15, 0.2) is 0 Å². The molecule has 6 atom stereocenters. The molecule has 6 nitrogen and oxygen atoms in total. The van der Waals surface area contributed by atoms with Crippen molar-refractivity contribution in [1.82, 2.24) is 0 Å². The van der Waals surface area contributed by atoms with Gasteiger partial charge in [0.15, 0.2) is 18.4 Å². The molecule has 2 N–H and O–H groups in total. The van der Waals surface area contributed by atoms with E-state index in [-0.39, 0.29) is 6.10 Å². The first-order valence-corrected chi connectivity index (χ1v) is 6.71. The monoisotopic (exact) mass is 258 g/mol. The first-order valence-electron chi connectivity index (χ1n) is 6.71. The second-order valence-electron chi connectivity index (χ2n) is 5.62. The highest BCUT2D eigenvalue weighted by atomic mass is 16.9. The van der Waals surface area contributed by atoms with Gasteiger partial charge in [0.25, 0.3) is 0 Å². The van der Waals surface area contributed by atoms with E-state index >= 15 is 0 Å². The first-order chi connectivity index (χ1) is 8.69. The van der Waals surface area contributed by atoms with E-state index in [1.165, 1.54) is 6.42 Å². The van der Waals surface area contributed by atoms with E-state index in [0.29, 0.717) is 0 Å². The predicted molar refractivity (Wildman–Crippen MR) is 57.3 cm³/mol. The minimum atomic E-state index is -1.19. The van der Waals surface area contributed by atoms with Crippen LogP contribution in [-0.2, 0) is 18.9 Å². The highest BCUT2D eigenvalue weighted by molar-refractivity contribution is 5.02. The van der Waals surface area contributed by atoms with E-state index in [1.807, 2.05) is 0 Å². The molecular weight excluding hydrogens is 240 g/mol. The number of aliphatic hydroxyl groups excluding tert-OH is 2. The van der Waals surface area contributed by atoms with Crippen LogP contribution in [0.5, 0.6) is 0 Å². The van der Waals surface area contributed by atoms with Crippen LogP contribution in [0.4, 0.5) is 0 Å². The van der Waals surface area contributed by atoms with Gasteiger partial charge in [0.2, 0.25) is 0 Å². The van der Waals surface area contributed by atoms with Gasteiger partial charge < -0.3 is 29.2 Å². The topological polar surface area (TPSA) is 77.4 Å². The first kappa shape index (κ1) is 11.6. The Morgan fingerprint density at radius 3 is 2.39 bits per heavy atom. The van der Waals surface area contributed by atoms with Crippen LogP contribution in [-0.4, -0.2) is 53.0 Å². The zero-order valence-corrected chi connectivity index (χ0v) is 10.0. The summed E-state index contributed by atoms with van der Waals surface area (Å²) >= 11 is 0. The minimum absolute atomic E-state index is 0.333. The van der Waals surface area contributed by atoms with Crippen molar-refractivity contribution in [2.75, 3.05) is 0 Å². The van der Waals surface area contributed by atoms with Crippen molar-refractivity contribution in [3.8, 4) is 0 Å². The maximum atomic E-state index is 9.71. The van der Waals surface area contributed by atoms with E-state index in [9.17, 15) is 10.2 Å². The van der Waals surface area contributed by atoms with Gasteiger partial charge in [-0.3, -0.25) is 0 Å². The SMILES string of the molecule is OC1OC2C3OC4(CCCCC4)OC3OC2C1O. The quantitative estimate of drug-likeness (QED) is 0.630. The summed E-state index contributed by atoms with van der Waals surface area (Å²) in [5.74, 6) is -0.527. The summed E-state index contributed by atoms with van der Waals surface area (Å²) in [7, 11) is 0. The summed E-state index contributed by atoms with van der Waals surface area (Å²) in [6.45, 7) is 0. The zero-order valence-electron chi connectivity index (χ0n) is 10.0. The minimum Gasteiger partial charge on any atom is -0.385 e. The van der Waals surface area contributed by atoms with Crippen molar-refractivity contribution in [3.63, 3.8) is 0 Å². The molecule has 6 heteroatoms. The molecule has 1 aliphatic carbocycles. The second-order valence-corrected chi connectivity index (χ2v) is 5.62. The lowest BCUT2D eigenvalue weighted by atomic mass is 9.94. The number of ether oxygens (including phenoxy) is 4. The van der Waals surface area contributed by atoms with Gasteiger partial charge >= 0.3 is 0 Å². The average molecular weight is 258 g/mol. The fourth-order valence-corrected chi connectivity index (χ4v) is 3.52. The molecule has 0 radical (unpaired) electrons. The van der Waals surface area contributed by atoms with Crippen molar-refractivity contribution in [2.24, 2.45) is 0 Å². The molecule has 4 fully saturated rings. The Balaban J connectivity index is 1.52. The Morgan fingerprint density at radius 2 is 1.61 bits per heavy atom. The molecule has 18 heavy (non-hydrogen) atoms. The fraction of sp³-hybridized carbons (Fsp3) is 1.00. The summed E-state index contributed by atoms with van der Waals surface area (Å²) in [4.78, 5) is 0. The Morgan fingerprint density at radius 1 is 0.833 bits per heavy atom. The standard InChI is InChI=1S/C12H18O6/c13-6-7-8(15-10(6)14)9-11(16-7)18-12(17-9)4-2-1-3-5-12/h6-11,13-14H,1-5H2. The Hall–Kier alpha value is -0.240. The molecule has 4 aliphatic rings. The molecule has 0 amide bonds. The molecule has 6 unspecified atom stereocenters. The van der Waals surface area contributed by atoms with E-state index in [1.54, 1.807) is 0 Å². The fourth-order valence-electron chi connectivity index (χ4n) is 3.52. The number of rotatable bonds is 0. The molecule has 3 saturated heterocycles. The van der Waals surface area contributed by atoms with Crippen molar-refractivity contribution >= 4 is 0 Å². The van der Waals surface area contributed by atoms with Gasteiger partial charge in [0, 0.05) is 12.8 Å². The predicted octanol–water partition coefficient (Wildman–Crippen LogP) is -0.135. The molecule has 3 aliphatic heterocycles. The van der Waals surface area contributed by atoms with Crippen LogP contribution in [0.2, 0.25) is 0 Å². The Kier molecular flexibility index (Phi) is 2.49. The summed E-state index contributed by atoms with van der Waals surface area (Å²) < 4.78 is 22.9. The average Bonchev–Trinajstić information content (AvgIpc) is 2.93. The lowest BCUT2D eigenvalue weighted by Gasteiger charge is -2.33. The van der Waals surface area contributed by atoms with Gasteiger partial charge in [-0.1, -0.05) is 6.42 Å². The molecule has 0 bridgehead atoms. The second kappa shape index (κ2) is 3.88. The van der Waals surface area contributed by atoms with Gasteiger partial charge in [-0.25, -0.2) is 0 Å². The van der Waals surface area contributed by atoms with Crippen LogP contribution in [0, 0.1) is 0 Å². The smallest absolute Gasteiger partial charge is 0.190 e. The number of fused-ring (bicyclic) bond motifs is 3.